The first kappa shape index (κ1) is 16.5. The van der Waals surface area contributed by atoms with Gasteiger partial charge in [-0.05, 0) is 42.3 Å². The van der Waals surface area contributed by atoms with Gasteiger partial charge in [0.2, 0.25) is 0 Å². The maximum atomic E-state index is 9.02. The zero-order valence-electron chi connectivity index (χ0n) is 12.7. The predicted molar refractivity (Wildman–Crippen MR) is 89.0 cm³/mol. The van der Waals surface area contributed by atoms with Gasteiger partial charge in [-0.1, -0.05) is 30.4 Å². The summed E-state index contributed by atoms with van der Waals surface area (Å²) in [5.74, 6) is 0.833. The lowest BCUT2D eigenvalue weighted by Crippen LogP contribution is -2.31. The SMILES string of the molecule is CCN(CCO)C(=S)CCCc1nnnn1-c1ccccc1. The molecule has 0 radical (unpaired) electrons. The lowest BCUT2D eigenvalue weighted by molar-refractivity contribution is 0.253. The molecular formula is C15H21N5OS. The van der Waals surface area contributed by atoms with Crippen molar-refractivity contribution in [1.82, 2.24) is 25.1 Å². The van der Waals surface area contributed by atoms with Crippen molar-refractivity contribution in [2.75, 3.05) is 19.7 Å². The topological polar surface area (TPSA) is 67.1 Å². The zero-order chi connectivity index (χ0) is 15.8. The summed E-state index contributed by atoms with van der Waals surface area (Å²) in [6.07, 6.45) is 2.44. The minimum atomic E-state index is 0.125. The molecule has 0 fully saturated rings. The summed E-state index contributed by atoms with van der Waals surface area (Å²) in [5, 5.41) is 20.9. The van der Waals surface area contributed by atoms with Crippen LogP contribution in [0, 0.1) is 0 Å². The molecule has 0 amide bonds. The van der Waals surface area contributed by atoms with E-state index < -0.39 is 0 Å². The second-order valence-electron chi connectivity index (χ2n) is 4.89. The highest BCUT2D eigenvalue weighted by molar-refractivity contribution is 7.80. The van der Waals surface area contributed by atoms with Crippen LogP contribution < -0.4 is 0 Å². The molecule has 0 aliphatic heterocycles. The predicted octanol–water partition coefficient (Wildman–Crippen LogP) is 1.63. The molecule has 1 heterocycles. The van der Waals surface area contributed by atoms with Crippen LogP contribution in [-0.4, -0.2) is 54.9 Å². The standard InChI is InChI=1S/C15H21N5OS/c1-2-19(11-12-21)15(22)10-6-9-14-16-17-18-20(14)13-7-4-3-5-8-13/h3-5,7-8,21H,2,6,9-12H2,1H3. The second kappa shape index (κ2) is 8.55. The van der Waals surface area contributed by atoms with Crippen molar-refractivity contribution in [3.05, 3.63) is 36.2 Å². The lowest BCUT2D eigenvalue weighted by atomic mass is 10.2. The average Bonchev–Trinajstić information content (AvgIpc) is 3.01. The van der Waals surface area contributed by atoms with Crippen molar-refractivity contribution in [3.63, 3.8) is 0 Å². The fourth-order valence-electron chi connectivity index (χ4n) is 2.27. The maximum absolute atomic E-state index is 9.02. The van der Waals surface area contributed by atoms with E-state index in [1.165, 1.54) is 0 Å². The van der Waals surface area contributed by atoms with Crippen LogP contribution in [0.3, 0.4) is 0 Å². The van der Waals surface area contributed by atoms with Gasteiger partial charge >= 0.3 is 0 Å². The van der Waals surface area contributed by atoms with Gasteiger partial charge in [0.25, 0.3) is 0 Å². The molecular weight excluding hydrogens is 298 g/mol. The first-order valence-electron chi connectivity index (χ1n) is 7.47. The number of para-hydroxylation sites is 1. The molecule has 0 aliphatic carbocycles. The summed E-state index contributed by atoms with van der Waals surface area (Å²) in [5.41, 5.74) is 0.959. The molecule has 2 rings (SSSR count). The molecule has 0 atom stereocenters. The molecule has 0 bridgehead atoms. The number of aromatic nitrogens is 4. The third-order valence-electron chi connectivity index (χ3n) is 3.43. The highest BCUT2D eigenvalue weighted by Gasteiger charge is 2.10. The van der Waals surface area contributed by atoms with E-state index in [2.05, 4.69) is 15.5 Å². The van der Waals surface area contributed by atoms with Gasteiger partial charge in [0.1, 0.15) is 0 Å². The van der Waals surface area contributed by atoms with Crippen molar-refractivity contribution < 1.29 is 5.11 Å². The number of nitrogens with zero attached hydrogens (tertiary/aromatic N) is 5. The molecule has 0 unspecified atom stereocenters. The fourth-order valence-corrected chi connectivity index (χ4v) is 2.63. The molecule has 2 aromatic rings. The molecule has 7 heteroatoms. The molecule has 0 saturated heterocycles. The van der Waals surface area contributed by atoms with E-state index >= 15 is 0 Å². The van der Waals surface area contributed by atoms with Crippen molar-refractivity contribution >= 4 is 17.2 Å². The summed E-state index contributed by atoms with van der Waals surface area (Å²) in [4.78, 5) is 2.91. The number of likely N-dealkylation sites (N-methyl/N-ethyl adjacent to an activating group) is 1. The van der Waals surface area contributed by atoms with Gasteiger partial charge in [-0.15, -0.1) is 5.10 Å². The Kier molecular flexibility index (Phi) is 6.42. The number of thiocarbonyl (C=S) groups is 1. The Morgan fingerprint density at radius 1 is 1.32 bits per heavy atom. The molecule has 1 N–H and O–H groups in total. The largest absolute Gasteiger partial charge is 0.395 e. The van der Waals surface area contributed by atoms with Crippen LogP contribution in [0.1, 0.15) is 25.6 Å². The van der Waals surface area contributed by atoms with Gasteiger partial charge in [-0.3, -0.25) is 0 Å². The Morgan fingerprint density at radius 3 is 2.77 bits per heavy atom. The van der Waals surface area contributed by atoms with Crippen LogP contribution >= 0.6 is 12.2 Å². The maximum Gasteiger partial charge on any atom is 0.156 e. The molecule has 118 valence electrons. The first-order chi connectivity index (χ1) is 10.8. The molecule has 0 spiro atoms. The number of hydrogen-bond acceptors (Lipinski definition) is 5. The van der Waals surface area contributed by atoms with Gasteiger partial charge in [-0.2, -0.15) is 4.68 Å². The van der Waals surface area contributed by atoms with Crippen molar-refractivity contribution in [1.29, 1.82) is 0 Å². The minimum absolute atomic E-state index is 0.125. The van der Waals surface area contributed by atoms with E-state index in [4.69, 9.17) is 17.3 Å². The van der Waals surface area contributed by atoms with Crippen molar-refractivity contribution in [2.45, 2.75) is 26.2 Å². The number of aliphatic hydroxyl groups excluding tert-OH is 1. The first-order valence-corrected chi connectivity index (χ1v) is 7.88. The summed E-state index contributed by atoms with van der Waals surface area (Å²) in [7, 11) is 0. The minimum Gasteiger partial charge on any atom is -0.395 e. The van der Waals surface area contributed by atoms with E-state index in [9.17, 15) is 0 Å². The van der Waals surface area contributed by atoms with Crippen molar-refractivity contribution in [3.8, 4) is 5.69 Å². The molecule has 6 nitrogen and oxygen atoms in total. The fraction of sp³-hybridized carbons (Fsp3) is 0.467. The zero-order valence-corrected chi connectivity index (χ0v) is 13.5. The Balaban J connectivity index is 1.91. The summed E-state index contributed by atoms with van der Waals surface area (Å²) in [6, 6.07) is 9.84. The second-order valence-corrected chi connectivity index (χ2v) is 5.36. The lowest BCUT2D eigenvalue weighted by Gasteiger charge is -2.22. The Bertz CT molecular complexity index is 587. The van der Waals surface area contributed by atoms with Crippen molar-refractivity contribution in [2.24, 2.45) is 0 Å². The Labute approximate surface area is 135 Å². The molecule has 0 saturated carbocycles. The average molecular weight is 319 g/mol. The molecule has 22 heavy (non-hydrogen) atoms. The number of rotatable bonds is 8. The van der Waals surface area contributed by atoms with E-state index in [0.717, 1.165) is 42.3 Å². The van der Waals surface area contributed by atoms with Gasteiger partial charge < -0.3 is 10.0 Å². The Hall–Kier alpha value is -1.86. The quantitative estimate of drug-likeness (QED) is 0.746. The Morgan fingerprint density at radius 2 is 2.09 bits per heavy atom. The van der Waals surface area contributed by atoms with Crippen LogP contribution in [-0.2, 0) is 6.42 Å². The number of aliphatic hydroxyl groups is 1. The van der Waals surface area contributed by atoms with E-state index in [1.807, 2.05) is 42.2 Å². The van der Waals surface area contributed by atoms with Gasteiger partial charge in [-0.25, -0.2) is 0 Å². The molecule has 1 aromatic carbocycles. The highest BCUT2D eigenvalue weighted by Crippen LogP contribution is 2.10. The summed E-state index contributed by atoms with van der Waals surface area (Å²) < 4.78 is 1.76. The molecule has 0 aliphatic rings. The van der Waals surface area contributed by atoms with Crippen LogP contribution in [0.4, 0.5) is 0 Å². The van der Waals surface area contributed by atoms with Crippen LogP contribution in [0.2, 0.25) is 0 Å². The highest BCUT2D eigenvalue weighted by atomic mass is 32.1. The number of tetrazole rings is 1. The van der Waals surface area contributed by atoms with E-state index in [0.29, 0.717) is 6.54 Å². The summed E-state index contributed by atoms with van der Waals surface area (Å²) in [6.45, 7) is 3.58. The number of hydrogen-bond donors (Lipinski definition) is 1. The molecule has 1 aromatic heterocycles. The van der Waals surface area contributed by atoms with Gasteiger partial charge in [0.05, 0.1) is 17.3 Å². The van der Waals surface area contributed by atoms with E-state index in [-0.39, 0.29) is 6.61 Å². The van der Waals surface area contributed by atoms with Crippen LogP contribution in [0.15, 0.2) is 30.3 Å². The third kappa shape index (κ3) is 4.32. The van der Waals surface area contributed by atoms with Gasteiger partial charge in [0, 0.05) is 19.5 Å². The van der Waals surface area contributed by atoms with Gasteiger partial charge in [0.15, 0.2) is 5.82 Å². The third-order valence-corrected chi connectivity index (χ3v) is 3.89. The monoisotopic (exact) mass is 319 g/mol. The number of aryl methyl sites for hydroxylation is 1. The van der Waals surface area contributed by atoms with Crippen LogP contribution in [0.5, 0.6) is 0 Å². The smallest absolute Gasteiger partial charge is 0.156 e. The normalized spacial score (nSPS) is 10.6. The van der Waals surface area contributed by atoms with E-state index in [1.54, 1.807) is 4.68 Å². The summed E-state index contributed by atoms with van der Waals surface area (Å²) >= 11 is 5.42. The van der Waals surface area contributed by atoms with Crippen LogP contribution in [0.25, 0.3) is 5.69 Å². The number of benzene rings is 1.